The zero-order chi connectivity index (χ0) is 9.07. The summed E-state index contributed by atoms with van der Waals surface area (Å²) in [7, 11) is 1.98. The van der Waals surface area contributed by atoms with Crippen LogP contribution in [0.5, 0.6) is 0 Å². The van der Waals surface area contributed by atoms with Crippen LogP contribution in [0.2, 0.25) is 0 Å². The first kappa shape index (κ1) is 10.9. The molecule has 0 saturated heterocycles. The van der Waals surface area contributed by atoms with E-state index in [1.165, 1.54) is 6.42 Å². The maximum atomic E-state index is 3.23. The van der Waals surface area contributed by atoms with Gasteiger partial charge >= 0.3 is 0 Å². The lowest BCUT2D eigenvalue weighted by atomic mass is 10.1. The Labute approximate surface area is 70.9 Å². The van der Waals surface area contributed by atoms with Crippen LogP contribution in [0.15, 0.2) is 0 Å². The zero-order valence-electron chi connectivity index (χ0n) is 8.73. The van der Waals surface area contributed by atoms with Crippen LogP contribution in [0, 0.1) is 0 Å². The first-order chi connectivity index (χ1) is 4.93. The van der Waals surface area contributed by atoms with Gasteiger partial charge in [0.1, 0.15) is 0 Å². The second-order valence-electron chi connectivity index (χ2n) is 4.02. The van der Waals surface area contributed by atoms with Crippen molar-refractivity contribution in [3.05, 3.63) is 0 Å². The predicted molar refractivity (Wildman–Crippen MR) is 50.4 cm³/mol. The molecule has 0 spiro atoms. The predicted octanol–water partition coefficient (Wildman–Crippen LogP) is 2.02. The summed E-state index contributed by atoms with van der Waals surface area (Å²) in [4.78, 5) is 0. The summed E-state index contributed by atoms with van der Waals surface area (Å²) >= 11 is 0. The lowest BCUT2D eigenvalue weighted by molar-refractivity contribution is 0.0404. The Kier molecular flexibility index (Phi) is 4.04. The van der Waals surface area contributed by atoms with Crippen LogP contribution in [0.1, 0.15) is 41.0 Å². The maximum Gasteiger partial charge on any atom is 0.0272 e. The Hall–Kier alpha value is -0.0800. The second kappa shape index (κ2) is 4.07. The molecule has 0 radical (unpaired) electrons. The minimum absolute atomic E-state index is 0.212. The first-order valence-corrected chi connectivity index (χ1v) is 4.40. The van der Waals surface area contributed by atoms with Gasteiger partial charge in [0.25, 0.3) is 0 Å². The van der Waals surface area contributed by atoms with Gasteiger partial charge in [-0.15, -0.1) is 0 Å². The largest absolute Gasteiger partial charge is 0.258 e. The number of hydrazine groups is 1. The Morgan fingerprint density at radius 1 is 1.36 bits per heavy atom. The van der Waals surface area contributed by atoms with Crippen LogP contribution in [0.4, 0.5) is 0 Å². The Balaban J connectivity index is 4.16. The third kappa shape index (κ3) is 3.21. The Bertz CT molecular complexity index is 105. The average Bonchev–Trinajstić information content (AvgIpc) is 1.86. The van der Waals surface area contributed by atoms with E-state index in [1.54, 1.807) is 0 Å². The minimum Gasteiger partial charge on any atom is -0.258 e. The molecule has 1 N–H and O–H groups in total. The molecule has 2 nitrogen and oxygen atoms in total. The minimum atomic E-state index is 0.212. The number of rotatable bonds is 3. The molecule has 1 atom stereocenters. The third-order valence-electron chi connectivity index (χ3n) is 2.00. The van der Waals surface area contributed by atoms with Crippen LogP contribution < -0.4 is 5.43 Å². The molecular formula is C9H22N2. The van der Waals surface area contributed by atoms with Crippen molar-refractivity contribution in [3.63, 3.8) is 0 Å². The molecule has 0 aliphatic carbocycles. The summed E-state index contributed by atoms with van der Waals surface area (Å²) in [5.74, 6) is 0. The third-order valence-corrected chi connectivity index (χ3v) is 2.00. The highest BCUT2D eigenvalue weighted by atomic mass is 15.5. The van der Waals surface area contributed by atoms with E-state index in [0.717, 1.165) is 0 Å². The van der Waals surface area contributed by atoms with Gasteiger partial charge in [-0.2, -0.15) is 0 Å². The van der Waals surface area contributed by atoms with Crippen LogP contribution in [0.25, 0.3) is 0 Å². The average molecular weight is 158 g/mol. The normalized spacial score (nSPS) is 15.5. The highest BCUT2D eigenvalue weighted by Gasteiger charge is 2.23. The van der Waals surface area contributed by atoms with Gasteiger partial charge in [-0.1, -0.05) is 6.92 Å². The quantitative estimate of drug-likeness (QED) is 0.632. The van der Waals surface area contributed by atoms with Crippen molar-refractivity contribution in [1.82, 2.24) is 10.4 Å². The van der Waals surface area contributed by atoms with Crippen molar-refractivity contribution in [2.75, 3.05) is 7.05 Å². The highest BCUT2D eigenvalue weighted by Crippen LogP contribution is 2.14. The van der Waals surface area contributed by atoms with Crippen LogP contribution in [-0.4, -0.2) is 23.6 Å². The van der Waals surface area contributed by atoms with Crippen LogP contribution in [-0.2, 0) is 0 Å². The van der Waals surface area contributed by atoms with E-state index in [-0.39, 0.29) is 5.54 Å². The summed E-state index contributed by atoms with van der Waals surface area (Å²) in [5.41, 5.74) is 3.44. The lowest BCUT2D eigenvalue weighted by Crippen LogP contribution is -2.53. The Morgan fingerprint density at radius 3 is 1.91 bits per heavy atom. The molecular weight excluding hydrogens is 136 g/mol. The van der Waals surface area contributed by atoms with Gasteiger partial charge in [-0.05, 0) is 41.2 Å². The molecule has 2 heteroatoms. The van der Waals surface area contributed by atoms with E-state index in [4.69, 9.17) is 0 Å². The fourth-order valence-corrected chi connectivity index (χ4v) is 1.40. The summed E-state index contributed by atoms with van der Waals surface area (Å²) < 4.78 is 0. The molecule has 0 heterocycles. The molecule has 0 saturated carbocycles. The smallest absolute Gasteiger partial charge is 0.0272 e. The van der Waals surface area contributed by atoms with Crippen molar-refractivity contribution in [1.29, 1.82) is 0 Å². The van der Waals surface area contributed by atoms with Gasteiger partial charge in [-0.25, -0.2) is 5.01 Å². The molecule has 0 rings (SSSR count). The molecule has 0 aromatic carbocycles. The van der Waals surface area contributed by atoms with Crippen molar-refractivity contribution < 1.29 is 0 Å². The summed E-state index contributed by atoms with van der Waals surface area (Å²) in [6, 6.07) is 0.597. The van der Waals surface area contributed by atoms with Crippen LogP contribution >= 0.6 is 0 Å². The van der Waals surface area contributed by atoms with Gasteiger partial charge in [-0.3, -0.25) is 5.43 Å². The molecule has 0 aromatic heterocycles. The van der Waals surface area contributed by atoms with Crippen molar-refractivity contribution in [2.45, 2.75) is 52.6 Å². The second-order valence-corrected chi connectivity index (χ2v) is 4.02. The fraction of sp³-hybridized carbons (Fsp3) is 1.00. The van der Waals surface area contributed by atoms with Gasteiger partial charge in [0.2, 0.25) is 0 Å². The lowest BCUT2D eigenvalue weighted by Gasteiger charge is -2.39. The van der Waals surface area contributed by atoms with E-state index in [9.17, 15) is 0 Å². The SMILES string of the molecule is CCC(C)N(NC)C(C)(C)C. The molecule has 0 amide bonds. The number of nitrogens with one attached hydrogen (secondary N) is 1. The first-order valence-electron chi connectivity index (χ1n) is 4.40. The topological polar surface area (TPSA) is 15.3 Å². The number of nitrogens with zero attached hydrogens (tertiary/aromatic N) is 1. The van der Waals surface area contributed by atoms with E-state index in [2.05, 4.69) is 45.1 Å². The van der Waals surface area contributed by atoms with Crippen molar-refractivity contribution >= 4 is 0 Å². The highest BCUT2D eigenvalue weighted by molar-refractivity contribution is 4.76. The molecule has 1 unspecified atom stereocenters. The molecule has 68 valence electrons. The fourth-order valence-electron chi connectivity index (χ4n) is 1.40. The molecule has 11 heavy (non-hydrogen) atoms. The van der Waals surface area contributed by atoms with Crippen LogP contribution in [0.3, 0.4) is 0 Å². The monoisotopic (exact) mass is 158 g/mol. The molecule has 0 aromatic rings. The summed E-state index contributed by atoms with van der Waals surface area (Å²) in [6.07, 6.45) is 1.18. The molecule has 0 bridgehead atoms. The Morgan fingerprint density at radius 2 is 1.82 bits per heavy atom. The van der Waals surface area contributed by atoms with Gasteiger partial charge in [0.05, 0.1) is 0 Å². The van der Waals surface area contributed by atoms with Gasteiger partial charge in [0, 0.05) is 11.6 Å². The number of hydrogen-bond acceptors (Lipinski definition) is 2. The van der Waals surface area contributed by atoms with Gasteiger partial charge in [0.15, 0.2) is 0 Å². The molecule has 0 aliphatic heterocycles. The van der Waals surface area contributed by atoms with E-state index < -0.39 is 0 Å². The number of hydrogen-bond donors (Lipinski definition) is 1. The van der Waals surface area contributed by atoms with E-state index in [0.29, 0.717) is 6.04 Å². The summed E-state index contributed by atoms with van der Waals surface area (Å²) in [5, 5.41) is 2.28. The van der Waals surface area contributed by atoms with E-state index in [1.807, 2.05) is 7.05 Å². The zero-order valence-corrected chi connectivity index (χ0v) is 8.73. The summed E-state index contributed by atoms with van der Waals surface area (Å²) in [6.45, 7) is 11.1. The standard InChI is InChI=1S/C9H22N2/c1-7-8(2)11(10-6)9(3,4)5/h8,10H,7H2,1-6H3. The molecule has 0 fully saturated rings. The van der Waals surface area contributed by atoms with Crippen molar-refractivity contribution in [3.8, 4) is 0 Å². The maximum absolute atomic E-state index is 3.23. The van der Waals surface area contributed by atoms with Gasteiger partial charge < -0.3 is 0 Å². The molecule has 0 aliphatic rings. The van der Waals surface area contributed by atoms with Crippen molar-refractivity contribution in [2.24, 2.45) is 0 Å². The van der Waals surface area contributed by atoms with E-state index >= 15 is 0 Å².